The number of rotatable bonds is 3. The number of piperidine rings is 1. The highest BCUT2D eigenvalue weighted by molar-refractivity contribution is 7.09. The molecule has 124 valence electrons. The summed E-state index contributed by atoms with van der Waals surface area (Å²) >= 11 is 1.67. The van der Waals surface area contributed by atoms with Gasteiger partial charge in [0.1, 0.15) is 11.1 Å². The summed E-state index contributed by atoms with van der Waals surface area (Å²) in [6, 6.07) is 0. The molecule has 0 spiro atoms. The van der Waals surface area contributed by atoms with Gasteiger partial charge in [-0.25, -0.2) is 4.98 Å². The molecule has 2 saturated heterocycles. The van der Waals surface area contributed by atoms with Crippen LogP contribution >= 0.6 is 11.3 Å². The third kappa shape index (κ3) is 3.36. The minimum absolute atomic E-state index is 0.140. The van der Waals surface area contributed by atoms with Gasteiger partial charge >= 0.3 is 0 Å². The molecule has 0 aromatic carbocycles. The Morgan fingerprint density at radius 1 is 1.43 bits per heavy atom. The van der Waals surface area contributed by atoms with Crippen LogP contribution in [-0.2, 0) is 9.53 Å². The molecule has 3 atom stereocenters. The van der Waals surface area contributed by atoms with Gasteiger partial charge in [0, 0.05) is 31.1 Å². The Bertz CT molecular complexity index is 584. The van der Waals surface area contributed by atoms with Gasteiger partial charge in [-0.05, 0) is 44.4 Å². The molecular formula is C18H24N2O2S. The van der Waals surface area contributed by atoms with Crippen molar-refractivity contribution in [1.82, 2.24) is 9.88 Å². The van der Waals surface area contributed by atoms with Crippen LogP contribution in [0.4, 0.5) is 0 Å². The summed E-state index contributed by atoms with van der Waals surface area (Å²) in [4.78, 5) is 19.0. The van der Waals surface area contributed by atoms with E-state index in [1.165, 1.54) is 18.4 Å². The van der Waals surface area contributed by atoms with E-state index in [0.29, 0.717) is 12.3 Å². The van der Waals surface area contributed by atoms with Gasteiger partial charge < -0.3 is 9.64 Å². The molecule has 3 heterocycles. The first-order valence-corrected chi connectivity index (χ1v) is 9.68. The second-order valence-electron chi connectivity index (χ2n) is 6.94. The number of nitrogens with zero attached hydrogens (tertiary/aromatic N) is 2. The lowest BCUT2D eigenvalue weighted by Gasteiger charge is -2.34. The Balaban J connectivity index is 1.35. The van der Waals surface area contributed by atoms with E-state index < -0.39 is 0 Å². The minimum atomic E-state index is 0.140. The predicted octanol–water partition coefficient (Wildman–Crippen LogP) is 3.71. The molecule has 1 aliphatic carbocycles. The molecule has 5 heteroatoms. The summed E-state index contributed by atoms with van der Waals surface area (Å²) in [6.45, 7) is 1.65. The number of likely N-dealkylation sites (tertiary alicyclic amines) is 1. The number of carbonyl (C=O) groups is 1. The van der Waals surface area contributed by atoms with E-state index in [1.807, 2.05) is 16.5 Å². The van der Waals surface area contributed by atoms with Crippen LogP contribution < -0.4 is 0 Å². The molecule has 0 unspecified atom stereocenters. The number of allylic oxidation sites excluding steroid dienone is 1. The smallest absolute Gasteiger partial charge is 0.226 e. The number of hydrogen-bond donors (Lipinski definition) is 0. The van der Waals surface area contributed by atoms with E-state index in [9.17, 15) is 4.79 Å². The number of hydrogen-bond acceptors (Lipinski definition) is 4. The number of ether oxygens (including phenoxy) is 1. The summed E-state index contributed by atoms with van der Waals surface area (Å²) < 4.78 is 6.22. The standard InChI is InChI=1S/C18H24N2O2S/c21-17(10-13-4-2-1-3-5-13)20-8-6-14-11-15(22-16(14)12-20)18-19-7-9-23-18/h4,7,9,14-16H,1-3,5-6,8,10-12H2/t14-,15+,16+/m1/s1. The zero-order valence-electron chi connectivity index (χ0n) is 13.4. The van der Waals surface area contributed by atoms with Crippen molar-refractivity contribution in [3.63, 3.8) is 0 Å². The number of aromatic nitrogens is 1. The van der Waals surface area contributed by atoms with Gasteiger partial charge in [0.15, 0.2) is 0 Å². The van der Waals surface area contributed by atoms with Crippen LogP contribution in [0.25, 0.3) is 0 Å². The molecule has 23 heavy (non-hydrogen) atoms. The van der Waals surface area contributed by atoms with Crippen molar-refractivity contribution in [1.29, 1.82) is 0 Å². The van der Waals surface area contributed by atoms with E-state index >= 15 is 0 Å². The van der Waals surface area contributed by atoms with Gasteiger partial charge in [0.2, 0.25) is 5.91 Å². The number of fused-ring (bicyclic) bond motifs is 1. The van der Waals surface area contributed by atoms with E-state index in [-0.39, 0.29) is 18.1 Å². The summed E-state index contributed by atoms with van der Waals surface area (Å²) in [5, 5.41) is 3.10. The van der Waals surface area contributed by atoms with Crippen molar-refractivity contribution in [3.05, 3.63) is 28.2 Å². The topological polar surface area (TPSA) is 42.4 Å². The summed E-state index contributed by atoms with van der Waals surface area (Å²) in [5.41, 5.74) is 1.34. The number of amides is 1. The first-order chi connectivity index (χ1) is 11.3. The lowest BCUT2D eigenvalue weighted by Crippen LogP contribution is -2.45. The Labute approximate surface area is 141 Å². The van der Waals surface area contributed by atoms with Gasteiger partial charge in [0.25, 0.3) is 0 Å². The molecule has 2 aliphatic heterocycles. The third-order valence-corrected chi connectivity index (χ3v) is 6.26. The predicted molar refractivity (Wildman–Crippen MR) is 90.2 cm³/mol. The van der Waals surface area contributed by atoms with Crippen LogP contribution in [0.15, 0.2) is 23.2 Å². The fourth-order valence-corrected chi connectivity index (χ4v) is 4.77. The molecule has 4 rings (SSSR count). The maximum Gasteiger partial charge on any atom is 0.226 e. The third-order valence-electron chi connectivity index (χ3n) is 5.39. The van der Waals surface area contributed by atoms with Crippen LogP contribution in [0.3, 0.4) is 0 Å². The molecule has 2 fully saturated rings. The summed E-state index contributed by atoms with van der Waals surface area (Å²) in [6.07, 6.45) is 12.0. The second kappa shape index (κ2) is 6.73. The van der Waals surface area contributed by atoms with Crippen LogP contribution in [0, 0.1) is 5.92 Å². The Hall–Kier alpha value is -1.20. The van der Waals surface area contributed by atoms with Crippen LogP contribution in [0.5, 0.6) is 0 Å². The van der Waals surface area contributed by atoms with Crippen molar-refractivity contribution < 1.29 is 9.53 Å². The normalized spacial score (nSPS) is 30.9. The highest BCUT2D eigenvalue weighted by Crippen LogP contribution is 2.41. The average molecular weight is 332 g/mol. The van der Waals surface area contributed by atoms with Gasteiger partial charge in [0.05, 0.1) is 6.10 Å². The molecule has 0 N–H and O–H groups in total. The first kappa shape index (κ1) is 15.3. The molecule has 4 nitrogen and oxygen atoms in total. The Morgan fingerprint density at radius 3 is 3.17 bits per heavy atom. The lowest BCUT2D eigenvalue weighted by atomic mass is 9.91. The van der Waals surface area contributed by atoms with Crippen LogP contribution in [0.1, 0.15) is 56.1 Å². The van der Waals surface area contributed by atoms with Crippen molar-refractivity contribution in [2.75, 3.05) is 13.1 Å². The largest absolute Gasteiger partial charge is 0.366 e. The first-order valence-electron chi connectivity index (χ1n) is 8.80. The number of thiazole rings is 1. The summed E-state index contributed by atoms with van der Waals surface area (Å²) in [7, 11) is 0. The number of carbonyl (C=O) groups excluding carboxylic acids is 1. The van der Waals surface area contributed by atoms with E-state index in [1.54, 1.807) is 11.3 Å². The second-order valence-corrected chi connectivity index (χ2v) is 7.87. The zero-order valence-corrected chi connectivity index (χ0v) is 14.3. The Kier molecular flexibility index (Phi) is 4.49. The van der Waals surface area contributed by atoms with Gasteiger partial charge in [-0.2, -0.15) is 0 Å². The maximum atomic E-state index is 12.6. The van der Waals surface area contributed by atoms with Crippen molar-refractivity contribution in [3.8, 4) is 0 Å². The van der Waals surface area contributed by atoms with Gasteiger partial charge in [-0.15, -0.1) is 11.3 Å². The zero-order chi connectivity index (χ0) is 15.6. The monoisotopic (exact) mass is 332 g/mol. The van der Waals surface area contributed by atoms with Crippen LogP contribution in [0.2, 0.25) is 0 Å². The van der Waals surface area contributed by atoms with Gasteiger partial charge in [-0.3, -0.25) is 4.79 Å². The molecule has 1 amide bonds. The highest BCUT2D eigenvalue weighted by atomic mass is 32.1. The van der Waals surface area contributed by atoms with Crippen molar-refractivity contribution in [2.45, 2.75) is 57.2 Å². The fraction of sp³-hybridized carbons (Fsp3) is 0.667. The van der Waals surface area contributed by atoms with E-state index in [4.69, 9.17) is 4.74 Å². The fourth-order valence-electron chi connectivity index (χ4n) is 4.08. The summed E-state index contributed by atoms with van der Waals surface area (Å²) in [5.74, 6) is 0.875. The molecule has 0 saturated carbocycles. The molecule has 3 aliphatic rings. The lowest BCUT2D eigenvalue weighted by molar-refractivity contribution is -0.135. The maximum absolute atomic E-state index is 12.6. The van der Waals surface area contributed by atoms with Crippen molar-refractivity contribution >= 4 is 17.2 Å². The van der Waals surface area contributed by atoms with Crippen LogP contribution in [-0.4, -0.2) is 35.0 Å². The van der Waals surface area contributed by atoms with E-state index in [2.05, 4.69) is 11.1 Å². The van der Waals surface area contributed by atoms with Gasteiger partial charge in [-0.1, -0.05) is 11.6 Å². The average Bonchev–Trinajstić information content (AvgIpc) is 3.24. The Morgan fingerprint density at radius 2 is 2.39 bits per heavy atom. The van der Waals surface area contributed by atoms with Crippen molar-refractivity contribution in [2.24, 2.45) is 5.92 Å². The molecular weight excluding hydrogens is 308 g/mol. The van der Waals surface area contributed by atoms with E-state index in [0.717, 1.165) is 43.8 Å². The molecule has 1 aromatic rings. The quantitative estimate of drug-likeness (QED) is 0.793. The minimum Gasteiger partial charge on any atom is -0.366 e. The molecule has 1 aromatic heterocycles. The molecule has 0 bridgehead atoms. The molecule has 0 radical (unpaired) electrons. The SMILES string of the molecule is O=C(CC1=CCCCC1)N1CC[C@@H]2C[C@@H](c3nccs3)O[C@H]2C1. The highest BCUT2D eigenvalue weighted by Gasteiger charge is 2.41.